The fourth-order valence-electron chi connectivity index (χ4n) is 1.79. The Morgan fingerprint density at radius 3 is 2.82 bits per heavy atom. The van der Waals surface area contributed by atoms with Crippen molar-refractivity contribution in [2.75, 3.05) is 12.3 Å². The van der Waals surface area contributed by atoms with Crippen molar-refractivity contribution in [2.45, 2.75) is 24.5 Å². The van der Waals surface area contributed by atoms with Crippen molar-refractivity contribution >= 4 is 5.82 Å². The molecule has 1 aromatic heterocycles. The molecule has 0 unspecified atom stereocenters. The van der Waals surface area contributed by atoms with Crippen LogP contribution in [-0.2, 0) is 4.74 Å². The van der Waals surface area contributed by atoms with Crippen LogP contribution < -0.4 is 17.2 Å². The molecule has 0 amide bonds. The highest BCUT2D eigenvalue weighted by molar-refractivity contribution is 5.23. The van der Waals surface area contributed by atoms with Crippen LogP contribution in [0.1, 0.15) is 6.23 Å². The summed E-state index contributed by atoms with van der Waals surface area (Å²) in [6, 6.07) is 0.617. The van der Waals surface area contributed by atoms with Crippen LogP contribution in [0.5, 0.6) is 0 Å². The zero-order chi connectivity index (χ0) is 12.6. The maximum atomic E-state index is 11.6. The van der Waals surface area contributed by atoms with Gasteiger partial charge >= 0.3 is 5.69 Å². The van der Waals surface area contributed by atoms with Gasteiger partial charge in [0.05, 0.1) is 12.6 Å². The molecule has 6 N–H and O–H groups in total. The third-order valence-electron chi connectivity index (χ3n) is 2.72. The molecule has 94 valence electrons. The second kappa shape index (κ2) is 4.41. The highest BCUT2D eigenvalue weighted by Crippen LogP contribution is 2.26. The molecule has 1 aromatic rings. The van der Waals surface area contributed by atoms with Gasteiger partial charge in [0.1, 0.15) is 18.0 Å². The summed E-state index contributed by atoms with van der Waals surface area (Å²) >= 11 is 0. The van der Waals surface area contributed by atoms with E-state index in [-0.39, 0.29) is 12.4 Å². The molecule has 0 saturated carbocycles. The molecule has 1 fully saturated rings. The van der Waals surface area contributed by atoms with Crippen molar-refractivity contribution in [2.24, 2.45) is 5.73 Å². The number of aromatic nitrogens is 2. The molecular formula is C9H14N4O4. The highest BCUT2D eigenvalue weighted by Gasteiger charge is 2.42. The van der Waals surface area contributed by atoms with Crippen molar-refractivity contribution in [1.29, 1.82) is 0 Å². The van der Waals surface area contributed by atoms with Crippen LogP contribution in [0.25, 0.3) is 0 Å². The maximum Gasteiger partial charge on any atom is 0.351 e. The molecule has 17 heavy (non-hydrogen) atoms. The average molecular weight is 242 g/mol. The quantitative estimate of drug-likeness (QED) is 0.446. The Hall–Kier alpha value is -1.48. The molecule has 8 heteroatoms. The first-order valence-electron chi connectivity index (χ1n) is 5.09. The molecular weight excluding hydrogens is 228 g/mol. The number of aliphatic hydroxyl groups is 2. The van der Waals surface area contributed by atoms with E-state index in [4.69, 9.17) is 21.3 Å². The number of anilines is 1. The molecule has 2 rings (SSSR count). The fraction of sp³-hybridized carbons (Fsp3) is 0.556. The Morgan fingerprint density at radius 1 is 1.59 bits per heavy atom. The average Bonchev–Trinajstić information content (AvgIpc) is 2.57. The van der Waals surface area contributed by atoms with Gasteiger partial charge in [0.15, 0.2) is 6.23 Å². The van der Waals surface area contributed by atoms with Gasteiger partial charge in [-0.05, 0) is 6.07 Å². The van der Waals surface area contributed by atoms with Crippen molar-refractivity contribution in [3.05, 3.63) is 22.7 Å². The van der Waals surface area contributed by atoms with E-state index in [0.29, 0.717) is 0 Å². The summed E-state index contributed by atoms with van der Waals surface area (Å²) in [6.45, 7) is -0.373. The number of hydrogen-bond donors (Lipinski definition) is 4. The number of ether oxygens (including phenoxy) is 1. The van der Waals surface area contributed by atoms with E-state index in [0.717, 1.165) is 4.57 Å². The first kappa shape index (κ1) is 12.0. The van der Waals surface area contributed by atoms with Crippen LogP contribution >= 0.6 is 0 Å². The lowest BCUT2D eigenvalue weighted by atomic mass is 10.1. The molecule has 2 heterocycles. The molecule has 0 aliphatic carbocycles. The van der Waals surface area contributed by atoms with Gasteiger partial charge < -0.3 is 26.4 Å². The smallest absolute Gasteiger partial charge is 0.351 e. The van der Waals surface area contributed by atoms with Gasteiger partial charge in [-0.1, -0.05) is 0 Å². The van der Waals surface area contributed by atoms with E-state index >= 15 is 0 Å². The van der Waals surface area contributed by atoms with E-state index < -0.39 is 30.2 Å². The predicted molar refractivity (Wildman–Crippen MR) is 57.9 cm³/mol. The summed E-state index contributed by atoms with van der Waals surface area (Å²) in [4.78, 5) is 15.1. The van der Waals surface area contributed by atoms with E-state index in [1.165, 1.54) is 12.3 Å². The van der Waals surface area contributed by atoms with Gasteiger partial charge in [0.25, 0.3) is 0 Å². The van der Waals surface area contributed by atoms with Gasteiger partial charge in [-0.15, -0.1) is 0 Å². The SMILES string of the molecule is Nc1ccn([C@@H]2O[C@H](CO)[C@@H](O)[C@H]2N)c(=O)n1. The second-order valence-electron chi connectivity index (χ2n) is 3.86. The van der Waals surface area contributed by atoms with Crippen molar-refractivity contribution in [1.82, 2.24) is 9.55 Å². The first-order chi connectivity index (χ1) is 8.04. The zero-order valence-corrected chi connectivity index (χ0v) is 8.93. The minimum absolute atomic E-state index is 0.0945. The number of hydrogen-bond acceptors (Lipinski definition) is 7. The normalized spacial score (nSPS) is 32.9. The zero-order valence-electron chi connectivity index (χ0n) is 8.93. The van der Waals surface area contributed by atoms with Crippen molar-refractivity contribution < 1.29 is 14.9 Å². The molecule has 1 saturated heterocycles. The van der Waals surface area contributed by atoms with Crippen LogP contribution in [0.15, 0.2) is 17.1 Å². The lowest BCUT2D eigenvalue weighted by Gasteiger charge is -2.17. The molecule has 0 spiro atoms. The molecule has 1 aliphatic rings. The lowest BCUT2D eigenvalue weighted by Crippen LogP contribution is -2.42. The number of nitrogens with two attached hydrogens (primary N) is 2. The summed E-state index contributed by atoms with van der Waals surface area (Å²) < 4.78 is 6.44. The first-order valence-corrected chi connectivity index (χ1v) is 5.09. The lowest BCUT2D eigenvalue weighted by molar-refractivity contribution is -0.0464. The second-order valence-corrected chi connectivity index (χ2v) is 3.86. The number of nitrogens with zero attached hydrogens (tertiary/aromatic N) is 2. The minimum atomic E-state index is -1.03. The number of aliphatic hydroxyl groups excluding tert-OH is 2. The van der Waals surface area contributed by atoms with Crippen LogP contribution in [0.3, 0.4) is 0 Å². The van der Waals surface area contributed by atoms with Gasteiger partial charge in [-0.2, -0.15) is 4.98 Å². The van der Waals surface area contributed by atoms with Gasteiger partial charge in [-0.3, -0.25) is 4.57 Å². The van der Waals surface area contributed by atoms with Crippen LogP contribution in [0.2, 0.25) is 0 Å². The highest BCUT2D eigenvalue weighted by atomic mass is 16.5. The summed E-state index contributed by atoms with van der Waals surface area (Å²) in [5.41, 5.74) is 10.5. The van der Waals surface area contributed by atoms with Crippen LogP contribution in [-0.4, -0.2) is 44.6 Å². The molecule has 8 nitrogen and oxygen atoms in total. The Kier molecular flexibility index (Phi) is 3.11. The van der Waals surface area contributed by atoms with E-state index in [2.05, 4.69) is 4.98 Å². The monoisotopic (exact) mass is 242 g/mol. The third kappa shape index (κ3) is 2.03. The van der Waals surface area contributed by atoms with Gasteiger partial charge in [0, 0.05) is 6.20 Å². The van der Waals surface area contributed by atoms with Crippen molar-refractivity contribution in [3.8, 4) is 0 Å². The topological polar surface area (TPSA) is 137 Å². The number of rotatable bonds is 2. The van der Waals surface area contributed by atoms with E-state index in [9.17, 15) is 9.90 Å². The minimum Gasteiger partial charge on any atom is -0.394 e. The summed E-state index contributed by atoms with van der Waals surface area (Å²) in [6.07, 6.45) is -1.31. The van der Waals surface area contributed by atoms with E-state index in [1.807, 2.05) is 0 Å². The Bertz CT molecular complexity index is 463. The molecule has 0 aromatic carbocycles. The molecule has 4 atom stereocenters. The van der Waals surface area contributed by atoms with Crippen LogP contribution in [0, 0.1) is 0 Å². The molecule has 0 bridgehead atoms. The Balaban J connectivity index is 2.32. The maximum absolute atomic E-state index is 11.6. The van der Waals surface area contributed by atoms with E-state index in [1.54, 1.807) is 0 Å². The largest absolute Gasteiger partial charge is 0.394 e. The number of nitrogen functional groups attached to an aromatic ring is 1. The third-order valence-corrected chi connectivity index (χ3v) is 2.72. The standard InChI is InChI=1S/C9H14N4O4/c10-5-1-2-13(9(16)12-5)8-6(11)7(15)4(3-14)17-8/h1-2,4,6-8,14-15H,3,11H2,(H2,10,12,16)/t4-,6-,7-,8-/m1/s1. The predicted octanol–water partition coefficient (Wildman–Crippen LogP) is -2.60. The Labute approximate surface area is 96.4 Å². The Morgan fingerprint density at radius 2 is 2.29 bits per heavy atom. The van der Waals surface area contributed by atoms with Gasteiger partial charge in [-0.25, -0.2) is 4.79 Å². The van der Waals surface area contributed by atoms with Crippen molar-refractivity contribution in [3.63, 3.8) is 0 Å². The fourth-order valence-corrected chi connectivity index (χ4v) is 1.79. The van der Waals surface area contributed by atoms with Gasteiger partial charge in [0.2, 0.25) is 0 Å². The summed E-state index contributed by atoms with van der Waals surface area (Å²) in [7, 11) is 0. The molecule has 0 radical (unpaired) electrons. The molecule has 1 aliphatic heterocycles. The summed E-state index contributed by atoms with van der Waals surface area (Å²) in [5, 5.41) is 18.6. The summed E-state index contributed by atoms with van der Waals surface area (Å²) in [5.74, 6) is 0.0945. The van der Waals surface area contributed by atoms with Crippen LogP contribution in [0.4, 0.5) is 5.82 Å².